The van der Waals surface area contributed by atoms with E-state index in [4.69, 9.17) is 14.2 Å². The van der Waals surface area contributed by atoms with Crippen molar-refractivity contribution in [3.05, 3.63) is 84.4 Å². The molecule has 146 valence electrons. The minimum absolute atomic E-state index is 0.144. The molecule has 4 heteroatoms. The van der Waals surface area contributed by atoms with Crippen LogP contribution in [0.5, 0.6) is 17.2 Å². The SMILES string of the molecule is CC(C)Oc1ccccc1NCc1ccc(OCCOc2ccccc2)cc1. The van der Waals surface area contributed by atoms with E-state index < -0.39 is 0 Å². The quantitative estimate of drug-likeness (QED) is 0.471. The third kappa shape index (κ3) is 6.23. The average molecular weight is 377 g/mol. The second-order valence-electron chi connectivity index (χ2n) is 6.67. The first-order valence-corrected chi connectivity index (χ1v) is 9.60. The Balaban J connectivity index is 1.44. The van der Waals surface area contributed by atoms with Crippen molar-refractivity contribution < 1.29 is 14.2 Å². The molecule has 0 bridgehead atoms. The Labute approximate surface area is 167 Å². The molecule has 3 rings (SSSR count). The van der Waals surface area contributed by atoms with Gasteiger partial charge in [0.25, 0.3) is 0 Å². The molecule has 0 saturated carbocycles. The van der Waals surface area contributed by atoms with Crippen LogP contribution in [0.4, 0.5) is 5.69 Å². The van der Waals surface area contributed by atoms with Crippen molar-refractivity contribution in [2.24, 2.45) is 0 Å². The molecule has 0 aliphatic heterocycles. The average Bonchev–Trinajstić information content (AvgIpc) is 2.72. The zero-order valence-corrected chi connectivity index (χ0v) is 16.4. The molecule has 0 aliphatic carbocycles. The summed E-state index contributed by atoms with van der Waals surface area (Å²) >= 11 is 0. The van der Waals surface area contributed by atoms with Crippen LogP contribution in [0, 0.1) is 0 Å². The molecule has 3 aromatic carbocycles. The Hall–Kier alpha value is -3.14. The van der Waals surface area contributed by atoms with Crippen LogP contribution in [0.2, 0.25) is 0 Å². The molecule has 0 saturated heterocycles. The van der Waals surface area contributed by atoms with Crippen LogP contribution in [-0.4, -0.2) is 19.3 Å². The van der Waals surface area contributed by atoms with Gasteiger partial charge in [0.05, 0.1) is 11.8 Å². The van der Waals surface area contributed by atoms with Gasteiger partial charge in [-0.05, 0) is 55.8 Å². The minimum atomic E-state index is 0.144. The molecular weight excluding hydrogens is 350 g/mol. The Morgan fingerprint density at radius 3 is 2.00 bits per heavy atom. The highest BCUT2D eigenvalue weighted by molar-refractivity contribution is 5.56. The van der Waals surface area contributed by atoms with E-state index in [0.717, 1.165) is 29.5 Å². The highest BCUT2D eigenvalue weighted by Gasteiger charge is 2.05. The van der Waals surface area contributed by atoms with Gasteiger partial charge in [-0.15, -0.1) is 0 Å². The largest absolute Gasteiger partial charge is 0.490 e. The summed E-state index contributed by atoms with van der Waals surface area (Å²) in [5, 5.41) is 3.44. The minimum Gasteiger partial charge on any atom is -0.490 e. The highest BCUT2D eigenvalue weighted by atomic mass is 16.5. The summed E-state index contributed by atoms with van der Waals surface area (Å²) in [5.74, 6) is 2.56. The van der Waals surface area contributed by atoms with Gasteiger partial charge < -0.3 is 19.5 Å². The molecule has 0 fully saturated rings. The molecule has 0 heterocycles. The van der Waals surface area contributed by atoms with Gasteiger partial charge in [-0.1, -0.05) is 42.5 Å². The molecule has 1 N–H and O–H groups in total. The zero-order chi connectivity index (χ0) is 19.6. The summed E-state index contributed by atoms with van der Waals surface area (Å²) < 4.78 is 17.2. The fraction of sp³-hybridized carbons (Fsp3) is 0.250. The van der Waals surface area contributed by atoms with Crippen molar-refractivity contribution in [2.75, 3.05) is 18.5 Å². The fourth-order valence-corrected chi connectivity index (χ4v) is 2.71. The Morgan fingerprint density at radius 1 is 0.714 bits per heavy atom. The molecule has 28 heavy (non-hydrogen) atoms. The lowest BCUT2D eigenvalue weighted by atomic mass is 10.2. The van der Waals surface area contributed by atoms with Gasteiger partial charge in [-0.2, -0.15) is 0 Å². The zero-order valence-electron chi connectivity index (χ0n) is 16.4. The summed E-state index contributed by atoms with van der Waals surface area (Å²) in [5.41, 5.74) is 2.17. The topological polar surface area (TPSA) is 39.7 Å². The lowest BCUT2D eigenvalue weighted by Crippen LogP contribution is -2.09. The first-order valence-electron chi connectivity index (χ1n) is 9.60. The van der Waals surface area contributed by atoms with Crippen LogP contribution in [0.3, 0.4) is 0 Å². The summed E-state index contributed by atoms with van der Waals surface area (Å²) in [6.45, 7) is 5.79. The van der Waals surface area contributed by atoms with Gasteiger partial charge in [0.2, 0.25) is 0 Å². The predicted molar refractivity (Wildman–Crippen MR) is 113 cm³/mol. The highest BCUT2D eigenvalue weighted by Crippen LogP contribution is 2.25. The van der Waals surface area contributed by atoms with Crippen LogP contribution in [-0.2, 0) is 6.54 Å². The van der Waals surface area contributed by atoms with Crippen LogP contribution in [0.15, 0.2) is 78.9 Å². The molecule has 4 nitrogen and oxygen atoms in total. The second-order valence-corrected chi connectivity index (χ2v) is 6.67. The molecule has 3 aromatic rings. The van der Waals surface area contributed by atoms with Crippen molar-refractivity contribution in [1.82, 2.24) is 0 Å². The molecule has 0 spiro atoms. The first kappa shape index (κ1) is 19.6. The van der Waals surface area contributed by atoms with E-state index in [1.807, 2.05) is 80.6 Å². The maximum absolute atomic E-state index is 5.85. The summed E-state index contributed by atoms with van der Waals surface area (Å²) in [6, 6.07) is 25.8. The van der Waals surface area contributed by atoms with E-state index in [-0.39, 0.29) is 6.10 Å². The van der Waals surface area contributed by atoms with Crippen molar-refractivity contribution in [3.8, 4) is 17.2 Å². The van der Waals surface area contributed by atoms with Crippen molar-refractivity contribution in [3.63, 3.8) is 0 Å². The Bertz CT molecular complexity index is 832. The third-order valence-corrected chi connectivity index (χ3v) is 4.02. The van der Waals surface area contributed by atoms with Gasteiger partial charge in [0, 0.05) is 6.54 Å². The van der Waals surface area contributed by atoms with Gasteiger partial charge in [-0.3, -0.25) is 0 Å². The molecule has 0 radical (unpaired) electrons. The maximum atomic E-state index is 5.85. The number of anilines is 1. The summed E-state index contributed by atoms with van der Waals surface area (Å²) in [7, 11) is 0. The van der Waals surface area contributed by atoms with Gasteiger partial charge in [0.15, 0.2) is 0 Å². The number of hydrogen-bond acceptors (Lipinski definition) is 4. The molecule has 0 aliphatic rings. The fourth-order valence-electron chi connectivity index (χ4n) is 2.71. The first-order chi connectivity index (χ1) is 13.7. The predicted octanol–water partition coefficient (Wildman–Crippen LogP) is 5.54. The van der Waals surface area contributed by atoms with Crippen LogP contribution >= 0.6 is 0 Å². The molecule has 0 atom stereocenters. The molecule has 0 amide bonds. The van der Waals surface area contributed by atoms with Crippen molar-refractivity contribution in [1.29, 1.82) is 0 Å². The van der Waals surface area contributed by atoms with E-state index in [1.54, 1.807) is 0 Å². The molecule has 0 aromatic heterocycles. The molecular formula is C24H27NO3. The normalized spacial score (nSPS) is 10.5. The monoisotopic (exact) mass is 377 g/mol. The number of rotatable bonds is 10. The number of benzene rings is 3. The smallest absolute Gasteiger partial charge is 0.142 e. The number of para-hydroxylation sites is 3. The number of hydrogen-bond donors (Lipinski definition) is 1. The van der Waals surface area contributed by atoms with Crippen LogP contribution in [0.1, 0.15) is 19.4 Å². The third-order valence-electron chi connectivity index (χ3n) is 4.02. The number of ether oxygens (including phenoxy) is 3. The van der Waals surface area contributed by atoms with Crippen molar-refractivity contribution in [2.45, 2.75) is 26.5 Å². The standard InChI is InChI=1S/C24H27NO3/c1-19(2)28-24-11-7-6-10-23(24)25-18-20-12-14-22(15-13-20)27-17-16-26-21-8-4-3-5-9-21/h3-15,19,25H,16-18H2,1-2H3. The number of nitrogens with one attached hydrogen (secondary N) is 1. The lowest BCUT2D eigenvalue weighted by molar-refractivity contribution is 0.217. The summed E-state index contributed by atoms with van der Waals surface area (Å²) in [4.78, 5) is 0. The van der Waals surface area contributed by atoms with Crippen LogP contribution < -0.4 is 19.5 Å². The Kier molecular flexibility index (Phi) is 7.19. The van der Waals surface area contributed by atoms with E-state index in [1.165, 1.54) is 5.56 Å². The lowest BCUT2D eigenvalue weighted by Gasteiger charge is -2.15. The van der Waals surface area contributed by atoms with Gasteiger partial charge in [0.1, 0.15) is 30.5 Å². The maximum Gasteiger partial charge on any atom is 0.142 e. The van der Waals surface area contributed by atoms with E-state index in [9.17, 15) is 0 Å². The molecule has 0 unspecified atom stereocenters. The Morgan fingerprint density at radius 2 is 1.32 bits per heavy atom. The van der Waals surface area contributed by atoms with E-state index >= 15 is 0 Å². The second kappa shape index (κ2) is 10.3. The van der Waals surface area contributed by atoms with E-state index in [0.29, 0.717) is 13.2 Å². The van der Waals surface area contributed by atoms with E-state index in [2.05, 4.69) is 17.4 Å². The summed E-state index contributed by atoms with van der Waals surface area (Å²) in [6.07, 6.45) is 0.144. The van der Waals surface area contributed by atoms with Crippen LogP contribution in [0.25, 0.3) is 0 Å². The van der Waals surface area contributed by atoms with Gasteiger partial charge >= 0.3 is 0 Å². The van der Waals surface area contributed by atoms with Gasteiger partial charge in [-0.25, -0.2) is 0 Å². The van der Waals surface area contributed by atoms with Crippen molar-refractivity contribution >= 4 is 5.69 Å².